The van der Waals surface area contributed by atoms with E-state index in [9.17, 15) is 14.4 Å². The number of hydrogen-bond acceptors (Lipinski definition) is 7. The average Bonchev–Trinajstić information content (AvgIpc) is 3.78. The molecule has 2 N–H and O–H groups in total. The quantitative estimate of drug-likeness (QED) is 0.351. The Kier molecular flexibility index (Phi) is 7.88. The van der Waals surface area contributed by atoms with Gasteiger partial charge in [-0.2, -0.15) is 0 Å². The van der Waals surface area contributed by atoms with Crippen molar-refractivity contribution in [3.63, 3.8) is 0 Å². The third kappa shape index (κ3) is 5.86. The molecule has 2 heterocycles. The standard InChI is InChI=1S/C30H32N4O6/c1-4-33(5-2)21-9-13-23(14-10-21)39-22-11-6-19(7-12-22)17-31-27(35)24-16-20(8-15-25(24)38-3)18-34-29-26(40-29)28(36)32-30(34)37/h6-16,26,29H,4-5,17-18H2,1-3H3,(H,31,35)(H,32,36,37). The fraction of sp³-hybridized carbons (Fsp3) is 0.300. The van der Waals surface area contributed by atoms with E-state index >= 15 is 0 Å². The number of benzene rings is 3. The Labute approximate surface area is 232 Å². The van der Waals surface area contributed by atoms with Crippen LogP contribution in [0.4, 0.5) is 10.5 Å². The van der Waals surface area contributed by atoms with Crippen LogP contribution in [0, 0.1) is 0 Å². The Bertz CT molecular complexity index is 1390. The van der Waals surface area contributed by atoms with Crippen LogP contribution in [-0.2, 0) is 22.6 Å². The Balaban J connectivity index is 1.18. The Morgan fingerprint density at radius 3 is 2.27 bits per heavy atom. The molecule has 2 saturated heterocycles. The summed E-state index contributed by atoms with van der Waals surface area (Å²) >= 11 is 0. The number of carbonyl (C=O) groups is 3. The summed E-state index contributed by atoms with van der Waals surface area (Å²) < 4.78 is 16.7. The van der Waals surface area contributed by atoms with Gasteiger partial charge in [0.05, 0.1) is 19.2 Å². The van der Waals surface area contributed by atoms with Crippen molar-refractivity contribution in [1.82, 2.24) is 15.5 Å². The maximum absolute atomic E-state index is 13.1. The molecule has 3 aromatic carbocycles. The smallest absolute Gasteiger partial charge is 0.326 e. The summed E-state index contributed by atoms with van der Waals surface area (Å²) in [5, 5.41) is 5.20. The molecule has 2 unspecified atom stereocenters. The molecule has 2 aliphatic heterocycles. The summed E-state index contributed by atoms with van der Waals surface area (Å²) in [6.07, 6.45) is -1.20. The van der Waals surface area contributed by atoms with Gasteiger partial charge in [-0.1, -0.05) is 18.2 Å². The van der Waals surface area contributed by atoms with Crippen LogP contribution >= 0.6 is 0 Å². The number of methoxy groups -OCH3 is 1. The Hall–Kier alpha value is -4.57. The predicted molar refractivity (Wildman–Crippen MR) is 148 cm³/mol. The number of anilines is 1. The van der Waals surface area contributed by atoms with Crippen molar-refractivity contribution in [3.8, 4) is 17.2 Å². The highest BCUT2D eigenvalue weighted by molar-refractivity contribution is 6.01. The minimum absolute atomic E-state index is 0.185. The maximum atomic E-state index is 13.1. The van der Waals surface area contributed by atoms with Crippen LogP contribution in [0.3, 0.4) is 0 Å². The summed E-state index contributed by atoms with van der Waals surface area (Å²) in [4.78, 5) is 40.7. The van der Waals surface area contributed by atoms with Gasteiger partial charge in [0.1, 0.15) is 17.2 Å². The number of rotatable bonds is 11. The molecule has 2 aliphatic rings. The van der Waals surface area contributed by atoms with E-state index in [2.05, 4.69) is 29.4 Å². The van der Waals surface area contributed by atoms with E-state index in [1.54, 1.807) is 18.2 Å². The van der Waals surface area contributed by atoms with Crippen molar-refractivity contribution < 1.29 is 28.6 Å². The molecule has 10 nitrogen and oxygen atoms in total. The minimum atomic E-state index is -0.631. The molecule has 10 heteroatoms. The third-order valence-electron chi connectivity index (χ3n) is 6.96. The van der Waals surface area contributed by atoms with Crippen LogP contribution < -0.4 is 25.0 Å². The molecule has 2 atom stereocenters. The molecule has 0 aromatic heterocycles. The molecule has 3 aromatic rings. The van der Waals surface area contributed by atoms with Gasteiger partial charge in [-0.25, -0.2) is 4.79 Å². The topological polar surface area (TPSA) is 113 Å². The molecule has 0 saturated carbocycles. The first-order valence-electron chi connectivity index (χ1n) is 13.2. The maximum Gasteiger partial charge on any atom is 0.326 e. The van der Waals surface area contributed by atoms with Crippen LogP contribution in [0.5, 0.6) is 17.2 Å². The summed E-state index contributed by atoms with van der Waals surface area (Å²) in [7, 11) is 1.49. The number of imide groups is 1. The third-order valence-corrected chi connectivity index (χ3v) is 6.96. The predicted octanol–water partition coefficient (Wildman–Crippen LogP) is 4.04. The van der Waals surface area contributed by atoms with Crippen LogP contribution in [0.25, 0.3) is 0 Å². The minimum Gasteiger partial charge on any atom is -0.496 e. The van der Waals surface area contributed by atoms with Gasteiger partial charge in [-0.15, -0.1) is 0 Å². The molecule has 208 valence electrons. The molecule has 2 fully saturated rings. The number of fused-ring (bicyclic) bond motifs is 1. The van der Waals surface area contributed by atoms with E-state index in [0.717, 1.165) is 30.1 Å². The lowest BCUT2D eigenvalue weighted by Gasteiger charge is -2.24. The van der Waals surface area contributed by atoms with E-state index in [1.165, 1.54) is 12.0 Å². The van der Waals surface area contributed by atoms with Gasteiger partial charge in [-0.3, -0.25) is 19.8 Å². The van der Waals surface area contributed by atoms with Crippen molar-refractivity contribution in [3.05, 3.63) is 83.4 Å². The monoisotopic (exact) mass is 544 g/mol. The normalized spacial score (nSPS) is 17.5. The Morgan fingerprint density at radius 2 is 1.62 bits per heavy atom. The van der Waals surface area contributed by atoms with Crippen molar-refractivity contribution in [2.24, 2.45) is 0 Å². The lowest BCUT2D eigenvalue weighted by molar-refractivity contribution is -0.121. The number of nitrogens with one attached hydrogen (secondary N) is 2. The number of carbonyl (C=O) groups excluding carboxylic acids is 3. The first-order valence-corrected chi connectivity index (χ1v) is 13.2. The van der Waals surface area contributed by atoms with E-state index < -0.39 is 24.3 Å². The van der Waals surface area contributed by atoms with Crippen molar-refractivity contribution >= 4 is 23.5 Å². The fourth-order valence-corrected chi connectivity index (χ4v) is 4.69. The molecule has 0 aliphatic carbocycles. The molecular weight excluding hydrogens is 512 g/mol. The van der Waals surface area contributed by atoms with Gasteiger partial charge in [-0.05, 0) is 73.5 Å². The molecule has 0 radical (unpaired) electrons. The van der Waals surface area contributed by atoms with Gasteiger partial charge in [0.25, 0.3) is 11.8 Å². The number of epoxide rings is 1. The van der Waals surface area contributed by atoms with Crippen LogP contribution in [0.1, 0.15) is 35.3 Å². The molecular formula is C30H32N4O6. The molecule has 0 bridgehead atoms. The molecule has 5 rings (SSSR count). The van der Waals surface area contributed by atoms with E-state index in [-0.39, 0.29) is 12.5 Å². The highest BCUT2D eigenvalue weighted by atomic mass is 16.6. The molecule has 4 amide bonds. The van der Waals surface area contributed by atoms with Gasteiger partial charge in [0.2, 0.25) is 0 Å². The first kappa shape index (κ1) is 27.0. The number of hydrogen-bond donors (Lipinski definition) is 2. The van der Waals surface area contributed by atoms with Gasteiger partial charge < -0.3 is 24.4 Å². The second kappa shape index (κ2) is 11.7. The SMILES string of the molecule is CCN(CC)c1ccc(Oc2ccc(CNC(=O)c3cc(CN4C(=O)NC(=O)C5OC54)ccc3OC)cc2)cc1. The van der Waals surface area contributed by atoms with E-state index in [1.807, 2.05) is 48.5 Å². The van der Waals surface area contributed by atoms with E-state index in [0.29, 0.717) is 29.2 Å². The van der Waals surface area contributed by atoms with E-state index in [4.69, 9.17) is 14.2 Å². The zero-order valence-corrected chi connectivity index (χ0v) is 22.7. The number of ether oxygens (including phenoxy) is 3. The second-order valence-electron chi connectivity index (χ2n) is 9.50. The van der Waals surface area contributed by atoms with Gasteiger partial charge in [0, 0.05) is 25.3 Å². The number of nitrogens with zero attached hydrogens (tertiary/aromatic N) is 2. The van der Waals surface area contributed by atoms with Gasteiger partial charge in [0.15, 0.2) is 12.3 Å². The van der Waals surface area contributed by atoms with Gasteiger partial charge >= 0.3 is 6.03 Å². The van der Waals surface area contributed by atoms with Crippen molar-refractivity contribution in [2.75, 3.05) is 25.1 Å². The highest BCUT2D eigenvalue weighted by Gasteiger charge is 2.55. The number of amides is 4. The second-order valence-corrected chi connectivity index (χ2v) is 9.50. The first-order chi connectivity index (χ1) is 19.4. The average molecular weight is 545 g/mol. The fourth-order valence-electron chi connectivity index (χ4n) is 4.69. The van der Waals surface area contributed by atoms with Crippen molar-refractivity contribution in [1.29, 1.82) is 0 Å². The summed E-state index contributed by atoms with van der Waals surface area (Å²) in [5.74, 6) is 1.12. The molecule has 40 heavy (non-hydrogen) atoms. The Morgan fingerprint density at radius 1 is 0.975 bits per heavy atom. The summed E-state index contributed by atoms with van der Waals surface area (Å²) in [5.41, 5.74) is 3.11. The van der Waals surface area contributed by atoms with Crippen LogP contribution in [-0.4, -0.2) is 55.3 Å². The number of urea groups is 1. The lowest BCUT2D eigenvalue weighted by Crippen LogP contribution is -2.51. The molecule has 0 spiro atoms. The zero-order chi connectivity index (χ0) is 28.2. The lowest BCUT2D eigenvalue weighted by atomic mass is 10.1. The van der Waals surface area contributed by atoms with Crippen LogP contribution in [0.15, 0.2) is 66.7 Å². The zero-order valence-electron chi connectivity index (χ0n) is 22.7. The van der Waals surface area contributed by atoms with Crippen molar-refractivity contribution in [2.45, 2.75) is 39.3 Å². The summed E-state index contributed by atoms with van der Waals surface area (Å²) in [6.45, 7) is 6.65. The van der Waals surface area contributed by atoms with Crippen LogP contribution in [0.2, 0.25) is 0 Å². The summed E-state index contributed by atoms with van der Waals surface area (Å²) in [6, 6.07) is 20.1. The highest BCUT2D eigenvalue weighted by Crippen LogP contribution is 2.32. The largest absolute Gasteiger partial charge is 0.496 e.